The zero-order valence-electron chi connectivity index (χ0n) is 15.2. The van der Waals surface area contributed by atoms with Gasteiger partial charge in [0.2, 0.25) is 0 Å². The van der Waals surface area contributed by atoms with E-state index < -0.39 is 0 Å². The van der Waals surface area contributed by atoms with Gasteiger partial charge in [-0.1, -0.05) is 42.5 Å². The van der Waals surface area contributed by atoms with Crippen molar-refractivity contribution in [3.8, 4) is 6.07 Å². The number of carbonyl (C=O) groups excluding carboxylic acids is 1. The van der Waals surface area contributed by atoms with Crippen LogP contribution < -0.4 is 10.6 Å². The van der Waals surface area contributed by atoms with E-state index in [0.717, 1.165) is 25.2 Å². The highest BCUT2D eigenvalue weighted by molar-refractivity contribution is 5.89. The summed E-state index contributed by atoms with van der Waals surface area (Å²) in [6.45, 7) is 3.71. The highest BCUT2D eigenvalue weighted by atomic mass is 16.5. The van der Waals surface area contributed by atoms with Crippen LogP contribution in [0.25, 0.3) is 0 Å². The van der Waals surface area contributed by atoms with Gasteiger partial charge in [-0.3, -0.25) is 4.90 Å². The van der Waals surface area contributed by atoms with E-state index >= 15 is 0 Å². The van der Waals surface area contributed by atoms with Crippen LogP contribution in [0.1, 0.15) is 11.1 Å². The van der Waals surface area contributed by atoms with Crippen molar-refractivity contribution in [2.75, 3.05) is 31.6 Å². The fourth-order valence-electron chi connectivity index (χ4n) is 3.07. The van der Waals surface area contributed by atoms with Gasteiger partial charge in [0, 0.05) is 31.9 Å². The Balaban J connectivity index is 1.42. The van der Waals surface area contributed by atoms with Crippen LogP contribution in [0.5, 0.6) is 0 Å². The lowest BCUT2D eigenvalue weighted by Gasteiger charge is -2.33. The number of nitriles is 1. The van der Waals surface area contributed by atoms with Crippen LogP contribution in [0.3, 0.4) is 0 Å². The Morgan fingerprint density at radius 1 is 1.15 bits per heavy atom. The van der Waals surface area contributed by atoms with Gasteiger partial charge in [0.15, 0.2) is 0 Å². The quantitative estimate of drug-likeness (QED) is 0.826. The fourth-order valence-corrected chi connectivity index (χ4v) is 3.07. The van der Waals surface area contributed by atoms with Crippen LogP contribution in [-0.4, -0.2) is 43.3 Å². The average Bonchev–Trinajstić information content (AvgIpc) is 2.69. The van der Waals surface area contributed by atoms with Crippen molar-refractivity contribution in [3.05, 3.63) is 65.7 Å². The number of rotatable bonds is 6. The van der Waals surface area contributed by atoms with E-state index in [4.69, 9.17) is 10.00 Å². The number of nitrogens with one attached hydrogen (secondary N) is 2. The number of ether oxygens (including phenoxy) is 1. The second-order valence-corrected chi connectivity index (χ2v) is 6.58. The lowest BCUT2D eigenvalue weighted by atomic mass is 10.1. The minimum absolute atomic E-state index is 0.0220. The standard InChI is InChI=1S/C21H24N4O2/c22-11-10-17-6-8-19(9-7-17)24-21(26)23-14-20-16-25(12-13-27-20)15-18-4-2-1-3-5-18/h1-9,20H,10,12-16H2,(H2,23,24,26). The highest BCUT2D eigenvalue weighted by Gasteiger charge is 2.21. The van der Waals surface area contributed by atoms with Crippen molar-refractivity contribution in [3.63, 3.8) is 0 Å². The molecule has 2 aromatic rings. The first-order valence-electron chi connectivity index (χ1n) is 9.11. The molecule has 2 N–H and O–H groups in total. The van der Waals surface area contributed by atoms with Crippen molar-refractivity contribution >= 4 is 11.7 Å². The second-order valence-electron chi connectivity index (χ2n) is 6.58. The largest absolute Gasteiger partial charge is 0.374 e. The van der Waals surface area contributed by atoms with E-state index in [1.54, 1.807) is 12.1 Å². The summed E-state index contributed by atoms with van der Waals surface area (Å²) >= 11 is 0. The molecule has 0 bridgehead atoms. The smallest absolute Gasteiger partial charge is 0.319 e. The van der Waals surface area contributed by atoms with Gasteiger partial charge < -0.3 is 15.4 Å². The Morgan fingerprint density at radius 2 is 1.93 bits per heavy atom. The summed E-state index contributed by atoms with van der Waals surface area (Å²) in [5.41, 5.74) is 2.91. The van der Waals surface area contributed by atoms with Crippen LogP contribution in [0.2, 0.25) is 0 Å². The van der Waals surface area contributed by atoms with E-state index in [2.05, 4.69) is 33.7 Å². The van der Waals surface area contributed by atoms with Gasteiger partial charge in [-0.25, -0.2) is 4.79 Å². The van der Waals surface area contributed by atoms with Crippen molar-refractivity contribution in [2.45, 2.75) is 19.1 Å². The molecule has 1 saturated heterocycles. The molecule has 140 valence electrons. The SMILES string of the molecule is N#CCc1ccc(NC(=O)NCC2CN(Cc3ccccc3)CCO2)cc1. The molecule has 27 heavy (non-hydrogen) atoms. The minimum atomic E-state index is -0.258. The molecule has 2 aromatic carbocycles. The molecule has 1 heterocycles. The monoisotopic (exact) mass is 364 g/mol. The number of hydrogen-bond donors (Lipinski definition) is 2. The van der Waals surface area contributed by atoms with Gasteiger partial charge >= 0.3 is 6.03 Å². The van der Waals surface area contributed by atoms with Crippen molar-refractivity contribution in [2.24, 2.45) is 0 Å². The third kappa shape index (κ3) is 6.10. The molecule has 2 amide bonds. The third-order valence-electron chi connectivity index (χ3n) is 4.46. The molecule has 1 atom stereocenters. The number of morpholine rings is 1. The molecule has 6 nitrogen and oxygen atoms in total. The van der Waals surface area contributed by atoms with Gasteiger partial charge in [0.05, 0.1) is 25.2 Å². The van der Waals surface area contributed by atoms with E-state index in [0.29, 0.717) is 25.3 Å². The first kappa shape index (κ1) is 18.9. The molecule has 1 unspecified atom stereocenters. The molecule has 0 aromatic heterocycles. The molecule has 0 radical (unpaired) electrons. The van der Waals surface area contributed by atoms with Gasteiger partial charge in [0.1, 0.15) is 0 Å². The third-order valence-corrected chi connectivity index (χ3v) is 4.46. The number of benzene rings is 2. The van der Waals surface area contributed by atoms with Crippen LogP contribution in [0.4, 0.5) is 10.5 Å². The predicted molar refractivity (Wildman–Crippen MR) is 104 cm³/mol. The number of amides is 2. The first-order valence-corrected chi connectivity index (χ1v) is 9.11. The van der Waals surface area contributed by atoms with E-state index in [1.807, 2.05) is 30.3 Å². The Kier molecular flexibility index (Phi) is 6.80. The molecule has 1 fully saturated rings. The first-order chi connectivity index (χ1) is 13.2. The molecule has 0 saturated carbocycles. The zero-order chi connectivity index (χ0) is 18.9. The summed E-state index contributed by atoms with van der Waals surface area (Å²) < 4.78 is 5.77. The normalized spacial score (nSPS) is 17.1. The second kappa shape index (κ2) is 9.72. The maximum absolute atomic E-state index is 12.1. The maximum atomic E-state index is 12.1. The molecule has 1 aliphatic heterocycles. The highest BCUT2D eigenvalue weighted by Crippen LogP contribution is 2.11. The fraction of sp³-hybridized carbons (Fsp3) is 0.333. The molecule has 6 heteroatoms. The molecular weight excluding hydrogens is 340 g/mol. The van der Waals surface area contributed by atoms with Gasteiger partial charge in [-0.15, -0.1) is 0 Å². The Labute approximate surface area is 159 Å². The molecule has 3 rings (SSSR count). The lowest BCUT2D eigenvalue weighted by molar-refractivity contribution is -0.0285. The molecular formula is C21H24N4O2. The van der Waals surface area contributed by atoms with Crippen LogP contribution in [-0.2, 0) is 17.7 Å². The van der Waals surface area contributed by atoms with E-state index in [-0.39, 0.29) is 12.1 Å². The number of carbonyl (C=O) groups is 1. The van der Waals surface area contributed by atoms with Crippen LogP contribution >= 0.6 is 0 Å². The summed E-state index contributed by atoms with van der Waals surface area (Å²) in [5, 5.41) is 14.4. The number of nitrogens with zero attached hydrogens (tertiary/aromatic N) is 2. The van der Waals surface area contributed by atoms with Crippen molar-refractivity contribution in [1.29, 1.82) is 5.26 Å². The zero-order valence-corrected chi connectivity index (χ0v) is 15.2. The van der Waals surface area contributed by atoms with Gasteiger partial charge in [-0.05, 0) is 23.3 Å². The van der Waals surface area contributed by atoms with Crippen LogP contribution in [0, 0.1) is 11.3 Å². The molecule has 0 spiro atoms. The van der Waals surface area contributed by atoms with E-state index in [1.165, 1.54) is 5.56 Å². The van der Waals surface area contributed by atoms with Gasteiger partial charge in [-0.2, -0.15) is 5.26 Å². The lowest BCUT2D eigenvalue weighted by Crippen LogP contribution is -2.47. The van der Waals surface area contributed by atoms with E-state index in [9.17, 15) is 4.79 Å². The summed E-state index contributed by atoms with van der Waals surface area (Å²) in [6, 6.07) is 19.5. The number of anilines is 1. The maximum Gasteiger partial charge on any atom is 0.319 e. The summed E-state index contributed by atoms with van der Waals surface area (Å²) in [7, 11) is 0. The van der Waals surface area contributed by atoms with Gasteiger partial charge in [0.25, 0.3) is 0 Å². The minimum Gasteiger partial charge on any atom is -0.374 e. The summed E-state index contributed by atoms with van der Waals surface area (Å²) in [6.07, 6.45) is 0.344. The summed E-state index contributed by atoms with van der Waals surface area (Å²) in [4.78, 5) is 14.4. The topological polar surface area (TPSA) is 77.4 Å². The average molecular weight is 364 g/mol. The summed E-state index contributed by atoms with van der Waals surface area (Å²) in [5.74, 6) is 0. The number of urea groups is 1. The Bertz CT molecular complexity index is 771. The Hall–Kier alpha value is -2.88. The molecule has 0 aliphatic carbocycles. The van der Waals surface area contributed by atoms with Crippen molar-refractivity contribution < 1.29 is 9.53 Å². The Morgan fingerprint density at radius 3 is 2.67 bits per heavy atom. The predicted octanol–water partition coefficient (Wildman–Crippen LogP) is 2.78. The van der Waals surface area contributed by atoms with Crippen LogP contribution in [0.15, 0.2) is 54.6 Å². The van der Waals surface area contributed by atoms with Crippen molar-refractivity contribution in [1.82, 2.24) is 10.2 Å². The number of hydrogen-bond acceptors (Lipinski definition) is 4. The molecule has 1 aliphatic rings.